The van der Waals surface area contributed by atoms with Crippen LogP contribution in [-0.4, -0.2) is 46.0 Å². The van der Waals surface area contributed by atoms with Crippen molar-refractivity contribution in [2.75, 3.05) is 27.9 Å². The van der Waals surface area contributed by atoms with Gasteiger partial charge in [-0.1, -0.05) is 6.08 Å². The number of esters is 2. The van der Waals surface area contributed by atoms with Crippen molar-refractivity contribution in [1.82, 2.24) is 0 Å². The van der Waals surface area contributed by atoms with Crippen molar-refractivity contribution in [2.45, 2.75) is 26.9 Å². The van der Waals surface area contributed by atoms with E-state index in [4.69, 9.17) is 14.2 Å². The van der Waals surface area contributed by atoms with Crippen LogP contribution in [0.15, 0.2) is 24.0 Å². The fourth-order valence-electron chi connectivity index (χ4n) is 2.69. The van der Waals surface area contributed by atoms with Gasteiger partial charge in [-0.05, 0) is 32.9 Å². The van der Waals surface area contributed by atoms with Crippen LogP contribution in [0.3, 0.4) is 0 Å². The Kier molecular flexibility index (Phi) is 6.81. The van der Waals surface area contributed by atoms with Crippen LogP contribution in [0.2, 0.25) is 0 Å². The SMILES string of the molecule is COC[C@H]1C=CC(O[C@H](C)C(=O)OC)=C[C@H]1C(C)(C)C(=O)OC. The zero-order valence-corrected chi connectivity index (χ0v) is 14.6. The molecule has 0 aromatic carbocycles. The lowest BCUT2D eigenvalue weighted by Gasteiger charge is -2.36. The van der Waals surface area contributed by atoms with Gasteiger partial charge in [0.2, 0.25) is 0 Å². The molecule has 1 aliphatic carbocycles. The molecule has 0 bridgehead atoms. The summed E-state index contributed by atoms with van der Waals surface area (Å²) in [5.41, 5.74) is -0.758. The van der Waals surface area contributed by atoms with Crippen molar-refractivity contribution < 1.29 is 28.5 Å². The average molecular weight is 326 g/mol. The standard InChI is InChI=1S/C17H26O6/c1-11(15(18)21-5)23-13-8-7-12(10-20-4)14(9-13)17(2,3)16(19)22-6/h7-9,11-12,14H,10H2,1-6H3/t11-,12-,14-/m1/s1. The maximum atomic E-state index is 12.1. The molecule has 0 saturated heterocycles. The van der Waals surface area contributed by atoms with Crippen LogP contribution in [0.25, 0.3) is 0 Å². The second-order valence-electron chi connectivity index (χ2n) is 6.07. The van der Waals surface area contributed by atoms with Crippen molar-refractivity contribution in [2.24, 2.45) is 17.3 Å². The van der Waals surface area contributed by atoms with Crippen LogP contribution in [0.4, 0.5) is 0 Å². The van der Waals surface area contributed by atoms with E-state index >= 15 is 0 Å². The number of hydrogen-bond donors (Lipinski definition) is 0. The second kappa shape index (κ2) is 8.15. The van der Waals surface area contributed by atoms with Crippen LogP contribution in [0.5, 0.6) is 0 Å². The van der Waals surface area contributed by atoms with E-state index in [9.17, 15) is 9.59 Å². The van der Waals surface area contributed by atoms with Crippen molar-refractivity contribution in [1.29, 1.82) is 0 Å². The molecule has 0 amide bonds. The van der Waals surface area contributed by atoms with Crippen molar-refractivity contribution in [3.8, 4) is 0 Å². The Morgan fingerprint density at radius 3 is 2.39 bits per heavy atom. The first kappa shape index (κ1) is 19.2. The summed E-state index contributed by atoms with van der Waals surface area (Å²) in [5.74, 6) is -0.413. The Hall–Kier alpha value is -1.82. The Labute approximate surface area is 137 Å². The summed E-state index contributed by atoms with van der Waals surface area (Å²) in [6.07, 6.45) is 4.84. The number of hydrogen-bond acceptors (Lipinski definition) is 6. The molecule has 130 valence electrons. The molecule has 0 spiro atoms. The molecule has 23 heavy (non-hydrogen) atoms. The summed E-state index contributed by atoms with van der Waals surface area (Å²) in [7, 11) is 4.30. The highest BCUT2D eigenvalue weighted by molar-refractivity contribution is 5.77. The molecule has 1 aliphatic rings. The predicted octanol–water partition coefficient (Wildman–Crippen LogP) is 2.10. The number of carbonyl (C=O) groups is 2. The van der Waals surface area contributed by atoms with Gasteiger partial charge in [0.25, 0.3) is 0 Å². The third kappa shape index (κ3) is 4.58. The monoisotopic (exact) mass is 326 g/mol. The molecule has 0 N–H and O–H groups in total. The minimum Gasteiger partial charge on any atom is -0.479 e. The predicted molar refractivity (Wildman–Crippen MR) is 84.4 cm³/mol. The van der Waals surface area contributed by atoms with Gasteiger partial charge in [-0.15, -0.1) is 0 Å². The van der Waals surface area contributed by atoms with Gasteiger partial charge in [0.15, 0.2) is 6.10 Å². The van der Waals surface area contributed by atoms with Crippen LogP contribution < -0.4 is 0 Å². The van der Waals surface area contributed by atoms with Gasteiger partial charge in [0.05, 0.1) is 26.2 Å². The molecule has 0 saturated carbocycles. The van der Waals surface area contributed by atoms with E-state index in [1.165, 1.54) is 14.2 Å². The normalized spacial score (nSPS) is 22.1. The molecule has 0 aliphatic heterocycles. The summed E-state index contributed by atoms with van der Waals surface area (Å²) in [5, 5.41) is 0. The molecule has 0 aromatic rings. The minimum atomic E-state index is -0.758. The van der Waals surface area contributed by atoms with E-state index in [0.29, 0.717) is 12.4 Å². The maximum Gasteiger partial charge on any atom is 0.346 e. The highest BCUT2D eigenvalue weighted by Crippen LogP contribution is 2.39. The van der Waals surface area contributed by atoms with Crippen LogP contribution in [-0.2, 0) is 28.5 Å². The van der Waals surface area contributed by atoms with Crippen molar-refractivity contribution >= 4 is 11.9 Å². The molecule has 0 radical (unpaired) electrons. The zero-order valence-electron chi connectivity index (χ0n) is 14.6. The topological polar surface area (TPSA) is 71.1 Å². The van der Waals surface area contributed by atoms with Gasteiger partial charge in [-0.2, -0.15) is 0 Å². The Morgan fingerprint density at radius 2 is 1.87 bits per heavy atom. The van der Waals surface area contributed by atoms with E-state index in [2.05, 4.69) is 4.74 Å². The first-order valence-electron chi connectivity index (χ1n) is 7.49. The summed E-state index contributed by atoms with van der Waals surface area (Å²) in [4.78, 5) is 23.6. The average Bonchev–Trinajstić information content (AvgIpc) is 2.54. The molecule has 1 rings (SSSR count). The zero-order chi connectivity index (χ0) is 17.6. The third-order valence-corrected chi connectivity index (χ3v) is 4.06. The Balaban J connectivity index is 3.03. The largest absolute Gasteiger partial charge is 0.479 e. The smallest absolute Gasteiger partial charge is 0.346 e. The third-order valence-electron chi connectivity index (χ3n) is 4.06. The number of ether oxygens (including phenoxy) is 4. The number of methoxy groups -OCH3 is 3. The molecule has 0 fully saturated rings. The summed E-state index contributed by atoms with van der Waals surface area (Å²) >= 11 is 0. The summed E-state index contributed by atoms with van der Waals surface area (Å²) < 4.78 is 20.4. The number of allylic oxidation sites excluding steroid dienone is 2. The lowest BCUT2D eigenvalue weighted by atomic mass is 9.70. The van der Waals surface area contributed by atoms with E-state index in [1.807, 2.05) is 26.0 Å². The molecule has 0 heterocycles. The van der Waals surface area contributed by atoms with Crippen LogP contribution in [0, 0.1) is 17.3 Å². The van der Waals surface area contributed by atoms with E-state index < -0.39 is 17.5 Å². The van der Waals surface area contributed by atoms with E-state index in [-0.39, 0.29) is 17.8 Å². The maximum absolute atomic E-state index is 12.1. The molecule has 3 atom stereocenters. The molecular formula is C17H26O6. The quantitative estimate of drug-likeness (QED) is 0.667. The van der Waals surface area contributed by atoms with Crippen molar-refractivity contribution in [3.63, 3.8) is 0 Å². The lowest BCUT2D eigenvalue weighted by molar-refractivity contribution is -0.154. The first-order chi connectivity index (χ1) is 10.8. The fraction of sp³-hybridized carbons (Fsp3) is 0.647. The Bertz CT molecular complexity index is 491. The van der Waals surface area contributed by atoms with Crippen LogP contribution in [0.1, 0.15) is 20.8 Å². The molecule has 6 heteroatoms. The lowest BCUT2D eigenvalue weighted by Crippen LogP contribution is -2.39. The van der Waals surface area contributed by atoms with Gasteiger partial charge in [-0.25, -0.2) is 4.79 Å². The van der Waals surface area contributed by atoms with Gasteiger partial charge >= 0.3 is 11.9 Å². The Morgan fingerprint density at radius 1 is 1.22 bits per heavy atom. The van der Waals surface area contributed by atoms with Gasteiger partial charge < -0.3 is 18.9 Å². The molecule has 0 unspecified atom stereocenters. The molecule has 6 nitrogen and oxygen atoms in total. The van der Waals surface area contributed by atoms with Crippen LogP contribution >= 0.6 is 0 Å². The van der Waals surface area contributed by atoms with E-state index in [1.54, 1.807) is 20.1 Å². The van der Waals surface area contributed by atoms with Gasteiger partial charge in [0.1, 0.15) is 5.76 Å². The molecule has 0 aromatic heterocycles. The minimum absolute atomic E-state index is 0.00915. The summed E-state index contributed by atoms with van der Waals surface area (Å²) in [6, 6.07) is 0. The highest BCUT2D eigenvalue weighted by atomic mass is 16.6. The molecular weight excluding hydrogens is 300 g/mol. The number of rotatable bonds is 7. The highest BCUT2D eigenvalue weighted by Gasteiger charge is 2.42. The fourth-order valence-corrected chi connectivity index (χ4v) is 2.69. The summed E-state index contributed by atoms with van der Waals surface area (Å²) in [6.45, 7) is 5.73. The van der Waals surface area contributed by atoms with Gasteiger partial charge in [0, 0.05) is 18.9 Å². The van der Waals surface area contributed by atoms with Gasteiger partial charge in [-0.3, -0.25) is 4.79 Å². The number of carbonyl (C=O) groups excluding carboxylic acids is 2. The van der Waals surface area contributed by atoms with E-state index in [0.717, 1.165) is 0 Å². The first-order valence-corrected chi connectivity index (χ1v) is 7.49. The second-order valence-corrected chi connectivity index (χ2v) is 6.07. The van der Waals surface area contributed by atoms with Crippen molar-refractivity contribution in [3.05, 3.63) is 24.0 Å².